The molecule has 0 bridgehead atoms. The highest BCUT2D eigenvalue weighted by Crippen LogP contribution is 2.18. The van der Waals surface area contributed by atoms with Gasteiger partial charge in [0, 0.05) is 37.4 Å². The van der Waals surface area contributed by atoms with Crippen LogP contribution in [0.1, 0.15) is 37.9 Å². The molecule has 2 heterocycles. The minimum absolute atomic E-state index is 0.311. The van der Waals surface area contributed by atoms with Crippen molar-refractivity contribution in [2.24, 2.45) is 0 Å². The van der Waals surface area contributed by atoms with Crippen LogP contribution < -0.4 is 10.1 Å². The van der Waals surface area contributed by atoms with Crippen molar-refractivity contribution >= 4 is 0 Å². The quantitative estimate of drug-likeness (QED) is 0.896. The molecule has 4 nitrogen and oxygen atoms in total. The molecule has 0 amide bonds. The van der Waals surface area contributed by atoms with E-state index in [9.17, 15) is 0 Å². The van der Waals surface area contributed by atoms with Crippen LogP contribution in [0.2, 0.25) is 0 Å². The second kappa shape index (κ2) is 7.04. The Morgan fingerprint density at radius 2 is 2.05 bits per heavy atom. The summed E-state index contributed by atoms with van der Waals surface area (Å²) >= 11 is 0. The Hall–Kier alpha value is -1.13. The molecule has 1 saturated heterocycles. The summed E-state index contributed by atoms with van der Waals surface area (Å²) in [4.78, 5) is 6.86. The first-order valence-corrected chi connectivity index (χ1v) is 7.59. The van der Waals surface area contributed by atoms with Crippen LogP contribution in [-0.4, -0.2) is 42.2 Å². The first-order valence-electron chi connectivity index (χ1n) is 7.59. The van der Waals surface area contributed by atoms with Gasteiger partial charge < -0.3 is 15.0 Å². The van der Waals surface area contributed by atoms with Gasteiger partial charge in [0.2, 0.25) is 5.88 Å². The predicted molar refractivity (Wildman–Crippen MR) is 82.1 cm³/mol. The summed E-state index contributed by atoms with van der Waals surface area (Å²) in [6.45, 7) is 9.43. The largest absolute Gasteiger partial charge is 0.474 e. The molecular weight excluding hydrogens is 250 g/mol. The van der Waals surface area contributed by atoms with Crippen LogP contribution in [-0.2, 0) is 6.54 Å². The van der Waals surface area contributed by atoms with Crippen molar-refractivity contribution in [3.05, 3.63) is 23.4 Å². The number of ether oxygens (including phenoxy) is 1. The topological polar surface area (TPSA) is 37.4 Å². The zero-order valence-corrected chi connectivity index (χ0v) is 13.1. The van der Waals surface area contributed by atoms with Crippen molar-refractivity contribution in [2.45, 2.75) is 52.3 Å². The molecule has 1 aromatic heterocycles. The van der Waals surface area contributed by atoms with Crippen molar-refractivity contribution in [1.82, 2.24) is 15.2 Å². The number of rotatable bonds is 5. The number of piperidine rings is 1. The zero-order valence-electron chi connectivity index (χ0n) is 13.1. The molecule has 0 radical (unpaired) electrons. The van der Waals surface area contributed by atoms with Gasteiger partial charge in [-0.05, 0) is 38.4 Å². The third-order valence-corrected chi connectivity index (χ3v) is 3.66. The minimum atomic E-state index is 0.311. The Morgan fingerprint density at radius 1 is 1.35 bits per heavy atom. The van der Waals surface area contributed by atoms with E-state index in [4.69, 9.17) is 4.74 Å². The summed E-state index contributed by atoms with van der Waals surface area (Å²) in [7, 11) is 2.16. The van der Waals surface area contributed by atoms with Crippen LogP contribution >= 0.6 is 0 Å². The van der Waals surface area contributed by atoms with Crippen molar-refractivity contribution in [3.63, 3.8) is 0 Å². The normalized spacial score (nSPS) is 17.6. The lowest BCUT2D eigenvalue weighted by molar-refractivity contribution is 0.110. The molecule has 0 aliphatic carbocycles. The van der Waals surface area contributed by atoms with Crippen LogP contribution in [0.5, 0.6) is 5.88 Å². The van der Waals surface area contributed by atoms with E-state index in [2.05, 4.69) is 48.2 Å². The van der Waals surface area contributed by atoms with Gasteiger partial charge in [0.15, 0.2) is 0 Å². The second-order valence-electron chi connectivity index (χ2n) is 6.11. The van der Waals surface area contributed by atoms with E-state index in [1.807, 2.05) is 6.92 Å². The van der Waals surface area contributed by atoms with Crippen molar-refractivity contribution < 1.29 is 4.74 Å². The fraction of sp³-hybridized carbons (Fsp3) is 0.688. The Morgan fingerprint density at radius 3 is 2.70 bits per heavy atom. The maximum Gasteiger partial charge on any atom is 0.214 e. The number of nitrogens with one attached hydrogen (secondary N) is 1. The monoisotopic (exact) mass is 277 g/mol. The standard InChI is InChI=1S/C16H27N3O/c1-12(2)17-11-14-9-13(3)18-16(10-14)20-15-5-7-19(4)8-6-15/h9-10,12,15,17H,5-8,11H2,1-4H3. The molecule has 112 valence electrons. The van der Waals surface area contributed by atoms with E-state index < -0.39 is 0 Å². The van der Waals surface area contributed by atoms with Gasteiger partial charge in [0.25, 0.3) is 0 Å². The number of pyridine rings is 1. The molecular formula is C16H27N3O. The fourth-order valence-electron chi connectivity index (χ4n) is 2.46. The molecule has 0 spiro atoms. The summed E-state index contributed by atoms with van der Waals surface area (Å²) < 4.78 is 6.07. The highest BCUT2D eigenvalue weighted by Gasteiger charge is 2.18. The van der Waals surface area contributed by atoms with Crippen LogP contribution in [0.3, 0.4) is 0 Å². The molecule has 1 aliphatic rings. The van der Waals surface area contributed by atoms with Gasteiger partial charge in [0.05, 0.1) is 0 Å². The fourth-order valence-corrected chi connectivity index (χ4v) is 2.46. The number of aryl methyl sites for hydroxylation is 1. The van der Waals surface area contributed by atoms with E-state index in [-0.39, 0.29) is 0 Å². The van der Waals surface area contributed by atoms with Crippen LogP contribution in [0.4, 0.5) is 0 Å². The highest BCUT2D eigenvalue weighted by atomic mass is 16.5. The lowest BCUT2D eigenvalue weighted by Crippen LogP contribution is -2.35. The van der Waals surface area contributed by atoms with Gasteiger partial charge in [0.1, 0.15) is 6.10 Å². The molecule has 20 heavy (non-hydrogen) atoms. The summed E-state index contributed by atoms with van der Waals surface area (Å²) in [5.41, 5.74) is 2.27. The third kappa shape index (κ3) is 4.76. The molecule has 1 aromatic rings. The first-order chi connectivity index (χ1) is 9.52. The molecule has 4 heteroatoms. The predicted octanol–water partition coefficient (Wildman–Crippen LogP) is 2.36. The Balaban J connectivity index is 1.96. The number of aromatic nitrogens is 1. The lowest BCUT2D eigenvalue weighted by atomic mass is 10.1. The van der Waals surface area contributed by atoms with E-state index in [1.54, 1.807) is 0 Å². The van der Waals surface area contributed by atoms with E-state index in [0.717, 1.165) is 44.0 Å². The third-order valence-electron chi connectivity index (χ3n) is 3.66. The lowest BCUT2D eigenvalue weighted by Gasteiger charge is -2.29. The van der Waals surface area contributed by atoms with Crippen molar-refractivity contribution in [2.75, 3.05) is 20.1 Å². The summed E-state index contributed by atoms with van der Waals surface area (Å²) in [5, 5.41) is 3.44. The number of hydrogen-bond acceptors (Lipinski definition) is 4. The Bertz CT molecular complexity index is 426. The molecule has 0 atom stereocenters. The van der Waals surface area contributed by atoms with E-state index in [1.165, 1.54) is 5.56 Å². The summed E-state index contributed by atoms with van der Waals surface area (Å²) in [6.07, 6.45) is 2.49. The van der Waals surface area contributed by atoms with Crippen molar-refractivity contribution in [3.8, 4) is 5.88 Å². The SMILES string of the molecule is Cc1cc(CNC(C)C)cc(OC2CCN(C)CC2)n1. The smallest absolute Gasteiger partial charge is 0.214 e. The Labute approximate surface area is 122 Å². The summed E-state index contributed by atoms with van der Waals surface area (Å²) in [5.74, 6) is 0.778. The first kappa shape index (κ1) is 15.3. The molecule has 2 rings (SSSR count). The van der Waals surface area contributed by atoms with Gasteiger partial charge in [-0.25, -0.2) is 4.98 Å². The Kier molecular flexibility index (Phi) is 5.38. The molecule has 0 unspecified atom stereocenters. The maximum atomic E-state index is 6.07. The van der Waals surface area contributed by atoms with E-state index in [0.29, 0.717) is 12.1 Å². The van der Waals surface area contributed by atoms with E-state index >= 15 is 0 Å². The van der Waals surface area contributed by atoms with Crippen LogP contribution in [0, 0.1) is 6.92 Å². The number of likely N-dealkylation sites (tertiary alicyclic amines) is 1. The van der Waals surface area contributed by atoms with Gasteiger partial charge >= 0.3 is 0 Å². The van der Waals surface area contributed by atoms with Gasteiger partial charge in [-0.1, -0.05) is 13.8 Å². The zero-order chi connectivity index (χ0) is 14.5. The average molecular weight is 277 g/mol. The average Bonchev–Trinajstić information content (AvgIpc) is 2.38. The van der Waals surface area contributed by atoms with Gasteiger partial charge in [-0.3, -0.25) is 0 Å². The molecule has 0 saturated carbocycles. The van der Waals surface area contributed by atoms with Crippen molar-refractivity contribution in [1.29, 1.82) is 0 Å². The second-order valence-corrected chi connectivity index (χ2v) is 6.11. The summed E-state index contributed by atoms with van der Waals surface area (Å²) in [6, 6.07) is 4.68. The maximum absolute atomic E-state index is 6.07. The van der Waals surface area contributed by atoms with Crippen LogP contribution in [0.25, 0.3) is 0 Å². The molecule has 1 N–H and O–H groups in total. The number of hydrogen-bond donors (Lipinski definition) is 1. The van der Waals surface area contributed by atoms with Gasteiger partial charge in [-0.15, -0.1) is 0 Å². The molecule has 0 aromatic carbocycles. The number of nitrogens with zero attached hydrogens (tertiary/aromatic N) is 2. The molecule has 1 aliphatic heterocycles. The molecule has 1 fully saturated rings. The minimum Gasteiger partial charge on any atom is -0.474 e. The van der Waals surface area contributed by atoms with Gasteiger partial charge in [-0.2, -0.15) is 0 Å². The highest BCUT2D eigenvalue weighted by molar-refractivity contribution is 5.24. The van der Waals surface area contributed by atoms with Crippen LogP contribution in [0.15, 0.2) is 12.1 Å².